The molecule has 19 nitrogen and oxygen atoms in total. The third kappa shape index (κ3) is 12.5. The number of fused-ring (bicyclic) bond motifs is 2. The molecule has 7 aromatic rings. The standard InChI is InChI=1S/C43H44N12O3.2CH2O2/c1-54(2,3)33-19-7-27-9-21-37(57)39(35(27)25-33)52-50-31-15-11-29(12-16-31)45-42-47-41(44-23-24-56)48-43(49-42)46-30-13-17-32(18-14-30)51-53-40-36-26-34(55(4,5)6)20-8-28(36)10-22-38(40)58;2*2-1-3/h7-22,25-26,56H,23-24H2,1-6H3,(H3-2,44,45,46,47,48,49,50,51,52,53,57,58);2*1H,(H,2,3). The van der Waals surface area contributed by atoms with E-state index in [9.17, 15) is 15.3 Å². The Kier molecular flexibility index (Phi) is 15.5. The SMILES string of the molecule is C[N+](C)(C)c1ccc2ccc(O)c(N=Nc3ccc(Nc4nc(NCCO)nc(Nc5ccc(N=Nc6c(O)ccc7ccc([N+](C)(C)C)cc67)cc5)n4)cc3)c2c1.O=C[O-].O=C[O-]. The second-order valence-corrected chi connectivity index (χ2v) is 15.6. The molecule has 0 atom stereocenters. The van der Waals surface area contributed by atoms with Crippen molar-refractivity contribution in [2.24, 2.45) is 20.5 Å². The average Bonchev–Trinajstić information content (AvgIpc) is 3.25. The van der Waals surface area contributed by atoms with Crippen LogP contribution in [0.3, 0.4) is 0 Å². The summed E-state index contributed by atoms with van der Waals surface area (Å²) in [5.74, 6) is 0.875. The minimum absolute atomic E-state index is 0.0479. The molecular formula is C45H48N12O7. The number of aliphatic hydroxyl groups excluding tert-OH is 1. The second kappa shape index (κ2) is 21.1. The predicted molar refractivity (Wildman–Crippen MR) is 246 cm³/mol. The number of hydrogen-bond donors (Lipinski definition) is 6. The van der Waals surface area contributed by atoms with Gasteiger partial charge in [0.25, 0.3) is 0 Å². The number of aromatic hydroxyl groups is 2. The molecule has 0 amide bonds. The largest absolute Gasteiger partial charge is 0.554 e. The first-order valence-corrected chi connectivity index (χ1v) is 19.5. The van der Waals surface area contributed by atoms with Crippen molar-refractivity contribution in [2.75, 3.05) is 71.4 Å². The average molecular weight is 869 g/mol. The summed E-state index contributed by atoms with van der Waals surface area (Å²) in [6, 6.07) is 33.7. The lowest BCUT2D eigenvalue weighted by molar-refractivity contribution is -0.284. The summed E-state index contributed by atoms with van der Waals surface area (Å²) < 4.78 is 1.24. The fourth-order valence-electron chi connectivity index (χ4n) is 6.04. The lowest BCUT2D eigenvalue weighted by atomic mass is 10.1. The van der Waals surface area contributed by atoms with Crippen LogP contribution in [0.1, 0.15) is 0 Å². The Hall–Kier alpha value is -8.13. The van der Waals surface area contributed by atoms with Gasteiger partial charge in [0.1, 0.15) is 34.2 Å². The monoisotopic (exact) mass is 868 g/mol. The summed E-state index contributed by atoms with van der Waals surface area (Å²) >= 11 is 0. The number of rotatable bonds is 13. The number of aliphatic hydroxyl groups is 1. The van der Waals surface area contributed by atoms with Crippen LogP contribution in [0.2, 0.25) is 0 Å². The molecule has 0 bridgehead atoms. The molecule has 7 rings (SSSR count). The highest BCUT2D eigenvalue weighted by molar-refractivity contribution is 5.98. The quantitative estimate of drug-likeness (QED) is 0.0415. The number of hydrogen-bond acceptors (Lipinski definition) is 17. The Morgan fingerprint density at radius 1 is 0.547 bits per heavy atom. The van der Waals surface area contributed by atoms with Gasteiger partial charge in [-0.3, -0.25) is 8.97 Å². The van der Waals surface area contributed by atoms with Crippen LogP contribution in [-0.2, 0) is 9.59 Å². The molecule has 64 heavy (non-hydrogen) atoms. The topological polar surface area (TPSA) is 265 Å². The zero-order valence-corrected chi connectivity index (χ0v) is 36.0. The van der Waals surface area contributed by atoms with Crippen molar-refractivity contribution in [3.05, 3.63) is 109 Å². The molecule has 0 spiro atoms. The fourth-order valence-corrected chi connectivity index (χ4v) is 6.04. The second-order valence-electron chi connectivity index (χ2n) is 15.6. The van der Waals surface area contributed by atoms with Crippen molar-refractivity contribution >= 4 is 97.8 Å². The molecule has 19 heteroatoms. The summed E-state index contributed by atoms with van der Waals surface area (Å²) in [4.78, 5) is 30.0. The highest BCUT2D eigenvalue weighted by Crippen LogP contribution is 2.40. The highest BCUT2D eigenvalue weighted by Gasteiger charge is 2.17. The van der Waals surface area contributed by atoms with Gasteiger partial charge < -0.3 is 51.1 Å². The molecule has 6 N–H and O–H groups in total. The number of carboxylic acid groups (broad SMARTS) is 2. The van der Waals surface area contributed by atoms with Gasteiger partial charge in [-0.1, -0.05) is 12.1 Å². The van der Waals surface area contributed by atoms with Gasteiger partial charge in [-0.05, 0) is 95.7 Å². The number of benzene rings is 6. The van der Waals surface area contributed by atoms with Crippen LogP contribution in [0.25, 0.3) is 21.5 Å². The van der Waals surface area contributed by atoms with Gasteiger partial charge in [0.05, 0.1) is 60.3 Å². The maximum absolute atomic E-state index is 10.7. The maximum atomic E-state index is 10.7. The zero-order valence-electron chi connectivity index (χ0n) is 36.0. The van der Waals surface area contributed by atoms with E-state index in [-0.39, 0.29) is 42.5 Å². The Labute approximate surface area is 368 Å². The van der Waals surface area contributed by atoms with Gasteiger partial charge in [-0.15, -0.1) is 10.2 Å². The summed E-state index contributed by atoms with van der Waals surface area (Å²) in [7, 11) is 12.5. The fraction of sp³-hybridized carbons (Fsp3) is 0.178. The highest BCUT2D eigenvalue weighted by atomic mass is 16.3. The van der Waals surface area contributed by atoms with Crippen molar-refractivity contribution in [1.29, 1.82) is 0 Å². The molecule has 1 aromatic heterocycles. The molecule has 330 valence electrons. The first-order chi connectivity index (χ1) is 30.6. The van der Waals surface area contributed by atoms with E-state index in [0.29, 0.717) is 43.1 Å². The van der Waals surface area contributed by atoms with Crippen LogP contribution in [-0.4, -0.2) is 98.7 Å². The summed E-state index contributed by atoms with van der Waals surface area (Å²) in [6.45, 7) is -0.863. The van der Waals surface area contributed by atoms with Crippen LogP contribution in [0, 0.1) is 0 Å². The smallest absolute Gasteiger partial charge is 0.233 e. The lowest BCUT2D eigenvalue weighted by Gasteiger charge is -2.23. The molecule has 0 radical (unpaired) electrons. The molecule has 0 aliphatic heterocycles. The number of nitrogens with zero attached hydrogens (tertiary/aromatic N) is 9. The number of azo groups is 2. The summed E-state index contributed by atoms with van der Waals surface area (Å²) in [5.41, 5.74) is 5.48. The van der Waals surface area contributed by atoms with Crippen molar-refractivity contribution in [1.82, 2.24) is 23.9 Å². The number of phenolic OH excluding ortho intramolecular Hbond substituents is 2. The van der Waals surface area contributed by atoms with Crippen molar-refractivity contribution in [2.45, 2.75) is 0 Å². The van der Waals surface area contributed by atoms with E-state index in [2.05, 4.69) is 106 Å². The Bertz CT molecular complexity index is 2590. The number of quaternary nitrogens is 2. The molecule has 0 aliphatic rings. The first kappa shape index (κ1) is 46.9. The van der Waals surface area contributed by atoms with Crippen molar-refractivity contribution in [3.63, 3.8) is 0 Å². The minimum Gasteiger partial charge on any atom is -0.554 e. The number of anilines is 5. The van der Waals surface area contributed by atoms with Crippen molar-refractivity contribution in [3.8, 4) is 11.5 Å². The number of nitrogens with one attached hydrogen (secondary N) is 3. The van der Waals surface area contributed by atoms with Crippen LogP contribution < -0.4 is 35.1 Å². The van der Waals surface area contributed by atoms with E-state index in [1.165, 1.54) is 0 Å². The third-order valence-electron chi connectivity index (χ3n) is 9.27. The summed E-state index contributed by atoms with van der Waals surface area (Å²) in [5, 5.41) is 78.0. The third-order valence-corrected chi connectivity index (χ3v) is 9.27. The van der Waals surface area contributed by atoms with Crippen LogP contribution in [0.4, 0.5) is 63.3 Å². The van der Waals surface area contributed by atoms with Crippen LogP contribution >= 0.6 is 0 Å². The van der Waals surface area contributed by atoms with Gasteiger partial charge in [0.15, 0.2) is 0 Å². The number of carbonyl (C=O) groups is 2. The molecule has 0 unspecified atom stereocenters. The van der Waals surface area contributed by atoms with Gasteiger partial charge in [-0.2, -0.15) is 25.2 Å². The molecule has 6 aromatic carbocycles. The maximum Gasteiger partial charge on any atom is 0.233 e. The molecular weight excluding hydrogens is 821 g/mol. The van der Waals surface area contributed by atoms with Gasteiger partial charge in [-0.25, -0.2) is 0 Å². The minimum atomic E-state index is -0.500. The zero-order chi connectivity index (χ0) is 46.4. The van der Waals surface area contributed by atoms with E-state index >= 15 is 0 Å². The van der Waals surface area contributed by atoms with Crippen LogP contribution in [0.5, 0.6) is 11.5 Å². The van der Waals surface area contributed by atoms with Gasteiger partial charge in [0.2, 0.25) is 17.8 Å². The van der Waals surface area contributed by atoms with E-state index in [1.807, 2.05) is 60.7 Å². The van der Waals surface area contributed by atoms with Gasteiger partial charge >= 0.3 is 0 Å². The van der Waals surface area contributed by atoms with E-state index in [0.717, 1.165) is 32.9 Å². The molecule has 0 saturated carbocycles. The molecule has 0 aliphatic carbocycles. The Morgan fingerprint density at radius 3 is 1.27 bits per heavy atom. The van der Waals surface area contributed by atoms with Crippen LogP contribution in [0.15, 0.2) is 130 Å². The normalized spacial score (nSPS) is 11.4. The predicted octanol–water partition coefficient (Wildman–Crippen LogP) is 6.44. The first-order valence-electron chi connectivity index (χ1n) is 19.5. The Balaban J connectivity index is 0.00000122. The van der Waals surface area contributed by atoms with Gasteiger partial charge in [0, 0.05) is 53.8 Å². The summed E-state index contributed by atoms with van der Waals surface area (Å²) in [6.07, 6.45) is 0. The number of aromatic nitrogens is 3. The lowest BCUT2D eigenvalue weighted by Crippen LogP contribution is -2.34. The number of carbonyl (C=O) groups excluding carboxylic acids is 2. The van der Waals surface area contributed by atoms with E-state index < -0.39 is 12.9 Å². The van der Waals surface area contributed by atoms with Crippen molar-refractivity contribution < 1.29 is 35.1 Å². The molecule has 1 heterocycles. The van der Waals surface area contributed by atoms with E-state index in [1.54, 1.807) is 36.4 Å². The molecule has 0 fully saturated rings. The van der Waals surface area contributed by atoms with E-state index in [4.69, 9.17) is 19.8 Å². The Morgan fingerprint density at radius 2 is 0.906 bits per heavy atom. The molecule has 0 saturated heterocycles. The number of phenols is 2.